The maximum absolute atomic E-state index is 11.7. The van der Waals surface area contributed by atoms with Gasteiger partial charge < -0.3 is 10.1 Å². The lowest BCUT2D eigenvalue weighted by Crippen LogP contribution is -2.07. The first-order chi connectivity index (χ1) is 9.17. The smallest absolute Gasteiger partial charge is 0.248 e. The van der Waals surface area contributed by atoms with E-state index in [2.05, 4.69) is 26.2 Å². The van der Waals surface area contributed by atoms with E-state index in [-0.39, 0.29) is 5.91 Å². The number of carbonyl (C=O) groups is 1. The van der Waals surface area contributed by atoms with Gasteiger partial charge in [0.1, 0.15) is 0 Å². The number of rotatable bonds is 4. The molecule has 19 heavy (non-hydrogen) atoms. The van der Waals surface area contributed by atoms with Crippen molar-refractivity contribution in [3.05, 3.63) is 45.2 Å². The molecule has 4 nitrogen and oxygen atoms in total. The minimum absolute atomic E-state index is 0.198. The molecular weight excluding hydrogens is 328 g/mol. The SMILES string of the molecule is COc1ccc(NC(=O)C=Cc2ccc(Br)s2)cn1. The van der Waals surface area contributed by atoms with E-state index in [4.69, 9.17) is 4.74 Å². The van der Waals surface area contributed by atoms with Crippen LogP contribution in [0.15, 0.2) is 40.3 Å². The molecule has 98 valence electrons. The van der Waals surface area contributed by atoms with Crippen LogP contribution in [0, 0.1) is 0 Å². The van der Waals surface area contributed by atoms with E-state index >= 15 is 0 Å². The van der Waals surface area contributed by atoms with Crippen LogP contribution in [-0.4, -0.2) is 18.0 Å². The Morgan fingerprint density at radius 2 is 2.26 bits per heavy atom. The highest BCUT2D eigenvalue weighted by Crippen LogP contribution is 2.23. The standard InChI is InChI=1S/C13H11BrN2O2S/c1-18-13-7-2-9(8-15-13)16-12(17)6-4-10-3-5-11(14)19-10/h2-8H,1H3,(H,16,17). The Morgan fingerprint density at radius 3 is 2.84 bits per heavy atom. The molecule has 0 spiro atoms. The van der Waals surface area contributed by atoms with Gasteiger partial charge >= 0.3 is 0 Å². The number of aromatic nitrogens is 1. The number of carbonyl (C=O) groups excluding carboxylic acids is 1. The largest absolute Gasteiger partial charge is 0.481 e. The number of anilines is 1. The van der Waals surface area contributed by atoms with Gasteiger partial charge in [0.15, 0.2) is 0 Å². The number of methoxy groups -OCH3 is 1. The first kappa shape index (κ1) is 13.8. The molecule has 2 aromatic rings. The van der Waals surface area contributed by atoms with Gasteiger partial charge in [0, 0.05) is 17.0 Å². The van der Waals surface area contributed by atoms with E-state index in [1.165, 1.54) is 6.08 Å². The number of hydrogen-bond donors (Lipinski definition) is 1. The number of pyridine rings is 1. The molecule has 0 unspecified atom stereocenters. The van der Waals surface area contributed by atoms with Crippen LogP contribution in [0.2, 0.25) is 0 Å². The first-order valence-corrected chi connectivity index (χ1v) is 7.03. The lowest BCUT2D eigenvalue weighted by Gasteiger charge is -2.02. The van der Waals surface area contributed by atoms with Gasteiger partial charge in [-0.25, -0.2) is 4.98 Å². The summed E-state index contributed by atoms with van der Waals surface area (Å²) >= 11 is 4.93. The molecule has 6 heteroatoms. The van der Waals surface area contributed by atoms with Gasteiger partial charge in [0.05, 0.1) is 22.8 Å². The van der Waals surface area contributed by atoms with Crippen molar-refractivity contribution in [3.63, 3.8) is 0 Å². The van der Waals surface area contributed by atoms with Crippen LogP contribution in [0.1, 0.15) is 4.88 Å². The Morgan fingerprint density at radius 1 is 1.42 bits per heavy atom. The fourth-order valence-corrected chi connectivity index (χ4v) is 2.66. The zero-order valence-electron chi connectivity index (χ0n) is 10.1. The third kappa shape index (κ3) is 4.18. The van der Waals surface area contributed by atoms with Gasteiger partial charge in [-0.3, -0.25) is 4.79 Å². The summed E-state index contributed by atoms with van der Waals surface area (Å²) in [7, 11) is 1.54. The Bertz CT molecular complexity index is 593. The molecule has 0 radical (unpaired) electrons. The highest BCUT2D eigenvalue weighted by Gasteiger charge is 2.00. The van der Waals surface area contributed by atoms with Crippen molar-refractivity contribution in [3.8, 4) is 5.88 Å². The second-order valence-electron chi connectivity index (χ2n) is 3.55. The third-order valence-corrected chi connectivity index (χ3v) is 3.79. The summed E-state index contributed by atoms with van der Waals surface area (Å²) < 4.78 is 5.98. The molecule has 0 aromatic carbocycles. The second-order valence-corrected chi connectivity index (χ2v) is 6.05. The summed E-state index contributed by atoms with van der Waals surface area (Å²) in [6, 6.07) is 7.30. The Labute approximate surface area is 123 Å². The van der Waals surface area contributed by atoms with Crippen LogP contribution in [0.25, 0.3) is 6.08 Å². The lowest BCUT2D eigenvalue weighted by molar-refractivity contribution is -0.111. The van der Waals surface area contributed by atoms with Gasteiger partial charge in [0.25, 0.3) is 0 Å². The van der Waals surface area contributed by atoms with Crippen molar-refractivity contribution < 1.29 is 9.53 Å². The van der Waals surface area contributed by atoms with Gasteiger partial charge in [-0.05, 0) is 40.2 Å². The van der Waals surface area contributed by atoms with Crippen LogP contribution in [0.4, 0.5) is 5.69 Å². The molecule has 2 aromatic heterocycles. The van der Waals surface area contributed by atoms with Gasteiger partial charge in [-0.1, -0.05) is 0 Å². The molecule has 1 amide bonds. The average Bonchev–Trinajstić information content (AvgIpc) is 2.83. The maximum atomic E-state index is 11.7. The van der Waals surface area contributed by atoms with Gasteiger partial charge in [0.2, 0.25) is 11.8 Å². The van der Waals surface area contributed by atoms with Crippen molar-refractivity contribution in [2.24, 2.45) is 0 Å². The van der Waals surface area contributed by atoms with Crippen LogP contribution >= 0.6 is 27.3 Å². The third-order valence-electron chi connectivity index (χ3n) is 2.21. The van der Waals surface area contributed by atoms with Gasteiger partial charge in [-0.2, -0.15) is 0 Å². The summed E-state index contributed by atoms with van der Waals surface area (Å²) in [6.07, 6.45) is 4.80. The van der Waals surface area contributed by atoms with E-state index in [1.54, 1.807) is 42.9 Å². The van der Waals surface area contributed by atoms with Crippen molar-refractivity contribution in [2.45, 2.75) is 0 Å². The Hall–Kier alpha value is -1.66. The minimum Gasteiger partial charge on any atom is -0.481 e. The zero-order valence-corrected chi connectivity index (χ0v) is 12.5. The molecule has 0 atom stereocenters. The first-order valence-electron chi connectivity index (χ1n) is 5.42. The molecule has 2 heterocycles. The van der Waals surface area contributed by atoms with E-state index in [0.29, 0.717) is 11.6 Å². The number of ether oxygens (including phenoxy) is 1. The van der Waals surface area contributed by atoms with Gasteiger partial charge in [-0.15, -0.1) is 11.3 Å². The molecule has 0 saturated heterocycles. The van der Waals surface area contributed by atoms with E-state index in [9.17, 15) is 4.79 Å². The minimum atomic E-state index is -0.198. The summed E-state index contributed by atoms with van der Waals surface area (Å²) in [5, 5.41) is 2.72. The highest BCUT2D eigenvalue weighted by molar-refractivity contribution is 9.11. The fourth-order valence-electron chi connectivity index (χ4n) is 1.33. The van der Waals surface area contributed by atoms with Crippen molar-refractivity contribution in [2.75, 3.05) is 12.4 Å². The van der Waals surface area contributed by atoms with E-state index < -0.39 is 0 Å². The summed E-state index contributed by atoms with van der Waals surface area (Å²) in [6.45, 7) is 0. The van der Waals surface area contributed by atoms with Crippen molar-refractivity contribution in [1.82, 2.24) is 4.98 Å². The maximum Gasteiger partial charge on any atom is 0.248 e. The molecule has 0 fully saturated rings. The number of thiophene rings is 1. The molecule has 0 aliphatic rings. The monoisotopic (exact) mass is 338 g/mol. The van der Waals surface area contributed by atoms with Crippen molar-refractivity contribution in [1.29, 1.82) is 0 Å². The van der Waals surface area contributed by atoms with E-state index in [1.807, 2.05) is 12.1 Å². The lowest BCUT2D eigenvalue weighted by atomic mass is 10.3. The second kappa shape index (κ2) is 6.49. The topological polar surface area (TPSA) is 51.2 Å². The quantitative estimate of drug-likeness (QED) is 0.867. The number of nitrogens with one attached hydrogen (secondary N) is 1. The number of hydrogen-bond acceptors (Lipinski definition) is 4. The normalized spacial score (nSPS) is 10.6. The predicted molar refractivity (Wildman–Crippen MR) is 80.5 cm³/mol. The molecule has 0 bridgehead atoms. The van der Waals surface area contributed by atoms with Crippen LogP contribution in [-0.2, 0) is 4.79 Å². The van der Waals surface area contributed by atoms with Crippen molar-refractivity contribution >= 4 is 44.9 Å². The number of amides is 1. The molecule has 0 aliphatic heterocycles. The number of nitrogens with zero attached hydrogens (tertiary/aromatic N) is 1. The Balaban J connectivity index is 1.95. The molecule has 1 N–H and O–H groups in total. The van der Waals surface area contributed by atoms with E-state index in [0.717, 1.165) is 8.66 Å². The highest BCUT2D eigenvalue weighted by atomic mass is 79.9. The van der Waals surface area contributed by atoms with Crippen LogP contribution in [0.3, 0.4) is 0 Å². The summed E-state index contributed by atoms with van der Waals surface area (Å²) in [5.74, 6) is 0.313. The molecule has 2 rings (SSSR count). The molecular formula is C13H11BrN2O2S. The predicted octanol–water partition coefficient (Wildman–Crippen LogP) is 3.57. The zero-order chi connectivity index (χ0) is 13.7. The van der Waals surface area contributed by atoms with Crippen LogP contribution < -0.4 is 10.1 Å². The summed E-state index contributed by atoms with van der Waals surface area (Å²) in [4.78, 5) is 16.7. The fraction of sp³-hybridized carbons (Fsp3) is 0.0769. The molecule has 0 aliphatic carbocycles. The summed E-state index contributed by atoms with van der Waals surface area (Å²) in [5.41, 5.74) is 0.628. The van der Waals surface area contributed by atoms with Crippen LogP contribution in [0.5, 0.6) is 5.88 Å². The number of halogens is 1. The molecule has 0 saturated carbocycles. The Kier molecular flexibility index (Phi) is 4.70. The average molecular weight is 339 g/mol.